The standard InChI is InChI=1S/C19H21NO6S/c1-12-4-6-15(11-16(12)19(21)24-3)27(22,23)20-13(2)14-5-7-17-18(10-14)26-9-8-25-17/h4-7,10-11,13,20H,8-9H2,1-3H3. The third-order valence-corrected chi connectivity index (χ3v) is 5.86. The molecule has 7 nitrogen and oxygen atoms in total. The first-order valence-corrected chi connectivity index (χ1v) is 9.91. The predicted molar refractivity (Wildman–Crippen MR) is 98.7 cm³/mol. The predicted octanol–water partition coefficient (Wildman–Crippen LogP) is 2.59. The lowest BCUT2D eigenvalue weighted by molar-refractivity contribution is 0.0599. The minimum Gasteiger partial charge on any atom is -0.486 e. The molecule has 0 bridgehead atoms. The number of methoxy groups -OCH3 is 1. The van der Waals surface area contributed by atoms with Crippen molar-refractivity contribution in [2.75, 3.05) is 20.3 Å². The minimum atomic E-state index is -3.84. The molecule has 2 aromatic rings. The lowest BCUT2D eigenvalue weighted by Crippen LogP contribution is -2.27. The first-order valence-electron chi connectivity index (χ1n) is 8.42. The lowest BCUT2D eigenvalue weighted by atomic mass is 10.1. The molecule has 8 heteroatoms. The summed E-state index contributed by atoms with van der Waals surface area (Å²) < 4.78 is 43.9. The van der Waals surface area contributed by atoms with Gasteiger partial charge in [0.1, 0.15) is 13.2 Å². The van der Waals surface area contributed by atoms with E-state index in [1.165, 1.54) is 19.2 Å². The summed E-state index contributed by atoms with van der Waals surface area (Å²) >= 11 is 0. The molecule has 27 heavy (non-hydrogen) atoms. The number of ether oxygens (including phenoxy) is 3. The van der Waals surface area contributed by atoms with E-state index < -0.39 is 22.0 Å². The zero-order chi connectivity index (χ0) is 19.6. The molecule has 0 aromatic heterocycles. The van der Waals surface area contributed by atoms with Crippen LogP contribution in [-0.2, 0) is 14.8 Å². The molecule has 0 aliphatic carbocycles. The van der Waals surface area contributed by atoms with Gasteiger partial charge >= 0.3 is 5.97 Å². The monoisotopic (exact) mass is 391 g/mol. The number of rotatable bonds is 5. The summed E-state index contributed by atoms with van der Waals surface area (Å²) in [6.07, 6.45) is 0. The molecular formula is C19H21NO6S. The second-order valence-electron chi connectivity index (χ2n) is 6.21. The van der Waals surface area contributed by atoms with Crippen LogP contribution in [0.25, 0.3) is 0 Å². The molecule has 1 N–H and O–H groups in total. The van der Waals surface area contributed by atoms with Crippen molar-refractivity contribution in [2.45, 2.75) is 24.8 Å². The van der Waals surface area contributed by atoms with Crippen LogP contribution in [0.2, 0.25) is 0 Å². The second-order valence-corrected chi connectivity index (χ2v) is 7.93. The number of carbonyl (C=O) groups is 1. The fraction of sp³-hybridized carbons (Fsp3) is 0.316. The normalized spacial score (nSPS) is 14.5. The Labute approximate surface area is 158 Å². The zero-order valence-corrected chi connectivity index (χ0v) is 16.1. The molecular weight excluding hydrogens is 370 g/mol. The van der Waals surface area contributed by atoms with Gasteiger partial charge in [0.15, 0.2) is 11.5 Å². The van der Waals surface area contributed by atoms with Gasteiger partial charge in [-0.1, -0.05) is 12.1 Å². The summed E-state index contributed by atoms with van der Waals surface area (Å²) in [5.74, 6) is 0.652. The van der Waals surface area contributed by atoms with Crippen LogP contribution in [0.15, 0.2) is 41.3 Å². The molecule has 2 aromatic carbocycles. The van der Waals surface area contributed by atoms with Gasteiger partial charge in [0.05, 0.1) is 17.6 Å². The van der Waals surface area contributed by atoms with Gasteiger partial charge in [-0.2, -0.15) is 0 Å². The van der Waals surface area contributed by atoms with E-state index >= 15 is 0 Å². The van der Waals surface area contributed by atoms with Crippen LogP contribution in [0.5, 0.6) is 11.5 Å². The number of sulfonamides is 1. The van der Waals surface area contributed by atoms with Crippen LogP contribution in [0, 0.1) is 6.92 Å². The Morgan fingerprint density at radius 3 is 2.52 bits per heavy atom. The van der Waals surface area contributed by atoms with Crippen LogP contribution in [0.1, 0.15) is 34.5 Å². The maximum Gasteiger partial charge on any atom is 0.338 e. The van der Waals surface area contributed by atoms with E-state index in [-0.39, 0.29) is 10.5 Å². The molecule has 144 valence electrons. The average Bonchev–Trinajstić information content (AvgIpc) is 2.66. The Morgan fingerprint density at radius 2 is 1.81 bits per heavy atom. The third kappa shape index (κ3) is 4.06. The van der Waals surface area contributed by atoms with Crippen LogP contribution in [0.4, 0.5) is 0 Å². The lowest BCUT2D eigenvalue weighted by Gasteiger charge is -2.21. The first-order chi connectivity index (χ1) is 12.8. The van der Waals surface area contributed by atoms with E-state index in [4.69, 9.17) is 14.2 Å². The van der Waals surface area contributed by atoms with E-state index in [0.29, 0.717) is 30.3 Å². The summed E-state index contributed by atoms with van der Waals surface area (Å²) in [5, 5.41) is 0. The molecule has 1 aliphatic rings. The third-order valence-electron chi connectivity index (χ3n) is 4.32. The molecule has 0 saturated carbocycles. The Kier molecular flexibility index (Phi) is 5.38. The van der Waals surface area contributed by atoms with Crippen LogP contribution < -0.4 is 14.2 Å². The number of benzene rings is 2. The molecule has 0 fully saturated rings. The fourth-order valence-corrected chi connectivity index (χ4v) is 4.05. The van der Waals surface area contributed by atoms with E-state index in [0.717, 1.165) is 5.56 Å². The van der Waals surface area contributed by atoms with Crippen molar-refractivity contribution >= 4 is 16.0 Å². The van der Waals surface area contributed by atoms with Gasteiger partial charge in [-0.25, -0.2) is 17.9 Å². The molecule has 1 unspecified atom stereocenters. The molecule has 3 rings (SSSR count). The van der Waals surface area contributed by atoms with E-state index in [9.17, 15) is 13.2 Å². The summed E-state index contributed by atoms with van der Waals surface area (Å²) in [6.45, 7) is 4.40. The summed E-state index contributed by atoms with van der Waals surface area (Å²) in [6, 6.07) is 9.16. The van der Waals surface area contributed by atoms with Crippen molar-refractivity contribution in [3.05, 3.63) is 53.1 Å². The van der Waals surface area contributed by atoms with Crippen molar-refractivity contribution < 1.29 is 27.4 Å². The van der Waals surface area contributed by atoms with Gasteiger partial charge in [-0.05, 0) is 49.2 Å². The molecule has 1 atom stereocenters. The number of fused-ring (bicyclic) bond motifs is 1. The van der Waals surface area contributed by atoms with Gasteiger partial charge in [-0.3, -0.25) is 0 Å². The Hall–Kier alpha value is -2.58. The zero-order valence-electron chi connectivity index (χ0n) is 15.3. The van der Waals surface area contributed by atoms with E-state index in [1.54, 1.807) is 38.1 Å². The van der Waals surface area contributed by atoms with Crippen molar-refractivity contribution in [1.29, 1.82) is 0 Å². The van der Waals surface area contributed by atoms with Crippen molar-refractivity contribution in [3.8, 4) is 11.5 Å². The van der Waals surface area contributed by atoms with Crippen LogP contribution in [-0.4, -0.2) is 34.7 Å². The molecule has 1 heterocycles. The molecule has 0 radical (unpaired) electrons. The van der Waals surface area contributed by atoms with Crippen molar-refractivity contribution in [1.82, 2.24) is 4.72 Å². The van der Waals surface area contributed by atoms with Gasteiger partial charge in [0.2, 0.25) is 10.0 Å². The topological polar surface area (TPSA) is 90.9 Å². The SMILES string of the molecule is COC(=O)c1cc(S(=O)(=O)NC(C)c2ccc3c(c2)OCCO3)ccc1C. The quantitative estimate of drug-likeness (QED) is 0.788. The molecule has 0 saturated heterocycles. The number of carbonyl (C=O) groups excluding carboxylic acids is 1. The second kappa shape index (κ2) is 7.58. The maximum absolute atomic E-state index is 12.8. The van der Waals surface area contributed by atoms with Gasteiger partial charge in [0.25, 0.3) is 0 Å². The maximum atomic E-state index is 12.8. The molecule has 0 spiro atoms. The van der Waals surface area contributed by atoms with Crippen molar-refractivity contribution in [2.24, 2.45) is 0 Å². The largest absolute Gasteiger partial charge is 0.486 e. The average molecular weight is 391 g/mol. The van der Waals surface area contributed by atoms with Crippen molar-refractivity contribution in [3.63, 3.8) is 0 Å². The van der Waals surface area contributed by atoms with E-state index in [2.05, 4.69) is 4.72 Å². The molecule has 0 amide bonds. The number of hydrogen-bond acceptors (Lipinski definition) is 6. The summed E-state index contributed by atoms with van der Waals surface area (Å²) in [5.41, 5.74) is 1.59. The molecule has 1 aliphatic heterocycles. The number of nitrogens with one attached hydrogen (secondary N) is 1. The fourth-order valence-electron chi connectivity index (χ4n) is 2.80. The number of aryl methyl sites for hydroxylation is 1. The number of esters is 1. The van der Waals surface area contributed by atoms with E-state index in [1.807, 2.05) is 0 Å². The number of hydrogen-bond donors (Lipinski definition) is 1. The smallest absolute Gasteiger partial charge is 0.338 e. The highest BCUT2D eigenvalue weighted by Gasteiger charge is 2.22. The van der Waals surface area contributed by atoms with Gasteiger partial charge in [0, 0.05) is 6.04 Å². The highest BCUT2D eigenvalue weighted by atomic mass is 32.2. The van der Waals surface area contributed by atoms with Gasteiger partial charge < -0.3 is 14.2 Å². The highest BCUT2D eigenvalue weighted by molar-refractivity contribution is 7.89. The summed E-state index contributed by atoms with van der Waals surface area (Å²) in [4.78, 5) is 11.8. The first kappa shape index (κ1) is 19.2. The highest BCUT2D eigenvalue weighted by Crippen LogP contribution is 2.33. The van der Waals surface area contributed by atoms with Crippen LogP contribution >= 0.6 is 0 Å². The minimum absolute atomic E-state index is 0.00195. The Balaban J connectivity index is 1.85. The Bertz CT molecular complexity index is 970. The summed E-state index contributed by atoms with van der Waals surface area (Å²) in [7, 11) is -2.58. The van der Waals surface area contributed by atoms with Gasteiger partial charge in [-0.15, -0.1) is 0 Å². The Morgan fingerprint density at radius 1 is 1.11 bits per heavy atom. The van der Waals surface area contributed by atoms with Crippen LogP contribution in [0.3, 0.4) is 0 Å².